The Morgan fingerprint density at radius 1 is 1.17 bits per heavy atom. The first kappa shape index (κ1) is 14.9. The molecule has 18 heavy (non-hydrogen) atoms. The molecule has 1 unspecified atom stereocenters. The zero-order valence-corrected chi connectivity index (χ0v) is 12.0. The molecule has 0 fully saturated rings. The van der Waals surface area contributed by atoms with Crippen LogP contribution in [0.4, 0.5) is 5.69 Å². The van der Waals surface area contributed by atoms with Gasteiger partial charge in [0.25, 0.3) is 0 Å². The highest BCUT2D eigenvalue weighted by Gasteiger charge is 2.02. The maximum Gasteiger partial charge on any atom is 0.121 e. The maximum absolute atomic E-state index is 5.64. The smallest absolute Gasteiger partial charge is 0.121 e. The van der Waals surface area contributed by atoms with E-state index < -0.39 is 0 Å². The van der Waals surface area contributed by atoms with Crippen molar-refractivity contribution in [1.82, 2.24) is 0 Å². The summed E-state index contributed by atoms with van der Waals surface area (Å²) in [5, 5.41) is 3.54. The quantitative estimate of drug-likeness (QED) is 0.631. The third-order valence-electron chi connectivity index (χ3n) is 2.96. The molecule has 0 saturated heterocycles. The summed E-state index contributed by atoms with van der Waals surface area (Å²) in [6.07, 6.45) is 6.19. The third-order valence-corrected chi connectivity index (χ3v) is 2.96. The molecule has 2 nitrogen and oxygen atoms in total. The summed E-state index contributed by atoms with van der Waals surface area (Å²) >= 11 is 0. The van der Waals surface area contributed by atoms with Crippen molar-refractivity contribution in [3.05, 3.63) is 24.3 Å². The van der Waals surface area contributed by atoms with E-state index >= 15 is 0 Å². The first-order valence-electron chi connectivity index (χ1n) is 7.25. The van der Waals surface area contributed by atoms with Crippen LogP contribution in [-0.2, 0) is 0 Å². The largest absolute Gasteiger partial charge is 0.494 e. The molecule has 1 aromatic rings. The Labute approximate surface area is 112 Å². The highest BCUT2D eigenvalue weighted by atomic mass is 16.5. The lowest BCUT2D eigenvalue weighted by Crippen LogP contribution is -2.14. The number of unbranched alkanes of at least 4 members (excludes halogenated alkanes) is 2. The van der Waals surface area contributed by atoms with Crippen molar-refractivity contribution in [2.75, 3.05) is 11.9 Å². The van der Waals surface area contributed by atoms with Gasteiger partial charge in [0.2, 0.25) is 0 Å². The van der Waals surface area contributed by atoms with Gasteiger partial charge >= 0.3 is 0 Å². The number of anilines is 1. The lowest BCUT2D eigenvalue weighted by molar-refractivity contribution is 0.317. The van der Waals surface area contributed by atoms with Gasteiger partial charge in [-0.1, -0.05) is 39.2 Å². The van der Waals surface area contributed by atoms with E-state index in [-0.39, 0.29) is 0 Å². The van der Waals surface area contributed by atoms with E-state index in [1.54, 1.807) is 0 Å². The Hall–Kier alpha value is -1.18. The first-order chi connectivity index (χ1) is 8.76. The molecular weight excluding hydrogens is 222 g/mol. The Bertz CT molecular complexity index is 325. The summed E-state index contributed by atoms with van der Waals surface area (Å²) < 4.78 is 5.64. The van der Waals surface area contributed by atoms with Gasteiger partial charge in [0.1, 0.15) is 5.75 Å². The average molecular weight is 249 g/mol. The minimum atomic E-state index is 0.526. The minimum Gasteiger partial charge on any atom is -0.494 e. The Balaban J connectivity index is 2.40. The van der Waals surface area contributed by atoms with Gasteiger partial charge in [-0.25, -0.2) is 0 Å². The van der Waals surface area contributed by atoms with Crippen molar-refractivity contribution >= 4 is 5.69 Å². The van der Waals surface area contributed by atoms with Crippen LogP contribution in [0.3, 0.4) is 0 Å². The fourth-order valence-corrected chi connectivity index (χ4v) is 1.95. The van der Waals surface area contributed by atoms with Crippen molar-refractivity contribution in [3.8, 4) is 5.75 Å². The van der Waals surface area contributed by atoms with E-state index in [2.05, 4.69) is 38.2 Å². The molecule has 0 saturated carbocycles. The molecule has 0 aliphatic heterocycles. The number of ether oxygens (including phenoxy) is 1. The van der Waals surface area contributed by atoms with Crippen LogP contribution in [0.25, 0.3) is 0 Å². The molecule has 0 aromatic heterocycles. The van der Waals surface area contributed by atoms with Crippen LogP contribution in [0.2, 0.25) is 0 Å². The van der Waals surface area contributed by atoms with Crippen molar-refractivity contribution in [2.45, 2.75) is 58.9 Å². The molecule has 102 valence electrons. The Morgan fingerprint density at radius 2 is 2.00 bits per heavy atom. The average Bonchev–Trinajstić information content (AvgIpc) is 2.37. The van der Waals surface area contributed by atoms with Crippen molar-refractivity contribution in [1.29, 1.82) is 0 Å². The number of nitrogens with one attached hydrogen (secondary N) is 1. The number of rotatable bonds is 9. The van der Waals surface area contributed by atoms with Gasteiger partial charge in [-0.05, 0) is 31.9 Å². The molecule has 0 bridgehead atoms. The molecule has 0 aliphatic carbocycles. The SMILES string of the molecule is CCCCCC(C)Nc1cccc(OCCC)c1. The van der Waals surface area contributed by atoms with Crippen molar-refractivity contribution in [3.63, 3.8) is 0 Å². The van der Waals surface area contributed by atoms with E-state index in [4.69, 9.17) is 4.74 Å². The second-order valence-corrected chi connectivity index (χ2v) is 4.92. The summed E-state index contributed by atoms with van der Waals surface area (Å²) in [6, 6.07) is 8.79. The van der Waals surface area contributed by atoms with Crippen LogP contribution in [0, 0.1) is 0 Å². The van der Waals surface area contributed by atoms with Gasteiger partial charge < -0.3 is 10.1 Å². The normalized spacial score (nSPS) is 12.2. The van der Waals surface area contributed by atoms with Gasteiger partial charge in [0.15, 0.2) is 0 Å². The summed E-state index contributed by atoms with van der Waals surface area (Å²) in [6.45, 7) is 7.40. The molecule has 1 rings (SSSR count). The minimum absolute atomic E-state index is 0.526. The molecule has 1 aromatic carbocycles. The van der Waals surface area contributed by atoms with Crippen LogP contribution in [-0.4, -0.2) is 12.6 Å². The maximum atomic E-state index is 5.64. The molecule has 1 N–H and O–H groups in total. The molecule has 0 radical (unpaired) electrons. The van der Waals surface area contributed by atoms with E-state index in [1.807, 2.05) is 12.1 Å². The summed E-state index contributed by atoms with van der Waals surface area (Å²) in [4.78, 5) is 0. The highest BCUT2D eigenvalue weighted by molar-refractivity contribution is 5.48. The number of hydrogen-bond acceptors (Lipinski definition) is 2. The van der Waals surface area contributed by atoms with Crippen LogP contribution in [0.5, 0.6) is 5.75 Å². The lowest BCUT2D eigenvalue weighted by atomic mass is 10.1. The van der Waals surface area contributed by atoms with E-state index in [0.717, 1.165) is 24.5 Å². The van der Waals surface area contributed by atoms with Crippen molar-refractivity contribution in [2.24, 2.45) is 0 Å². The fourth-order valence-electron chi connectivity index (χ4n) is 1.95. The predicted molar refractivity (Wildman–Crippen MR) is 79.5 cm³/mol. The molecule has 0 heterocycles. The molecular formula is C16H27NO. The van der Waals surface area contributed by atoms with Gasteiger partial charge in [0, 0.05) is 17.8 Å². The highest BCUT2D eigenvalue weighted by Crippen LogP contribution is 2.19. The summed E-state index contributed by atoms with van der Waals surface area (Å²) in [5.74, 6) is 0.961. The Kier molecular flexibility index (Phi) is 7.31. The molecule has 0 amide bonds. The molecule has 1 atom stereocenters. The second-order valence-electron chi connectivity index (χ2n) is 4.92. The topological polar surface area (TPSA) is 21.3 Å². The standard InChI is InChI=1S/C16H27NO/c1-4-6-7-9-14(3)17-15-10-8-11-16(13-15)18-12-5-2/h8,10-11,13-14,17H,4-7,9,12H2,1-3H3. The van der Waals surface area contributed by atoms with Crippen LogP contribution in [0.1, 0.15) is 52.9 Å². The molecule has 2 heteroatoms. The van der Waals surface area contributed by atoms with Crippen LogP contribution < -0.4 is 10.1 Å². The van der Waals surface area contributed by atoms with Gasteiger partial charge in [0.05, 0.1) is 6.61 Å². The zero-order valence-electron chi connectivity index (χ0n) is 12.0. The summed E-state index contributed by atoms with van der Waals surface area (Å²) in [7, 11) is 0. The zero-order chi connectivity index (χ0) is 13.2. The second kappa shape index (κ2) is 8.84. The van der Waals surface area contributed by atoms with Crippen LogP contribution >= 0.6 is 0 Å². The van der Waals surface area contributed by atoms with Gasteiger partial charge in [-0.2, -0.15) is 0 Å². The van der Waals surface area contributed by atoms with E-state index in [1.165, 1.54) is 25.7 Å². The van der Waals surface area contributed by atoms with Gasteiger partial charge in [-0.15, -0.1) is 0 Å². The van der Waals surface area contributed by atoms with Crippen molar-refractivity contribution < 1.29 is 4.74 Å². The fraction of sp³-hybridized carbons (Fsp3) is 0.625. The lowest BCUT2D eigenvalue weighted by Gasteiger charge is -2.16. The molecule has 0 spiro atoms. The van der Waals surface area contributed by atoms with E-state index in [9.17, 15) is 0 Å². The van der Waals surface area contributed by atoms with Crippen LogP contribution in [0.15, 0.2) is 24.3 Å². The third kappa shape index (κ3) is 5.95. The Morgan fingerprint density at radius 3 is 2.72 bits per heavy atom. The number of hydrogen-bond donors (Lipinski definition) is 1. The molecule has 0 aliphatic rings. The monoisotopic (exact) mass is 249 g/mol. The summed E-state index contributed by atoms with van der Waals surface area (Å²) in [5.41, 5.74) is 1.16. The van der Waals surface area contributed by atoms with E-state index in [0.29, 0.717) is 6.04 Å². The van der Waals surface area contributed by atoms with Gasteiger partial charge in [-0.3, -0.25) is 0 Å². The predicted octanol–water partition coefficient (Wildman–Crippen LogP) is 4.86. The first-order valence-corrected chi connectivity index (χ1v) is 7.25. The number of benzene rings is 1.